The van der Waals surface area contributed by atoms with Gasteiger partial charge in [-0.05, 0) is 32.1 Å². The Morgan fingerprint density at radius 1 is 1.17 bits per heavy atom. The Balaban J connectivity index is 1.92. The van der Waals surface area contributed by atoms with Gasteiger partial charge in [0.15, 0.2) is 0 Å². The smallest absolute Gasteiger partial charge is 0.127 e. The largest absolute Gasteiger partial charge is 0.384 e. The van der Waals surface area contributed by atoms with Crippen molar-refractivity contribution in [2.45, 2.75) is 76.7 Å². The lowest BCUT2D eigenvalue weighted by molar-refractivity contribution is 0.416. The van der Waals surface area contributed by atoms with Crippen molar-refractivity contribution in [1.82, 2.24) is 9.55 Å². The van der Waals surface area contributed by atoms with E-state index >= 15 is 0 Å². The molecule has 3 rings (SSSR count). The third-order valence-corrected chi connectivity index (χ3v) is 4.42. The van der Waals surface area contributed by atoms with Gasteiger partial charge in [-0.25, -0.2) is 4.98 Å². The van der Waals surface area contributed by atoms with Crippen LogP contribution in [0.3, 0.4) is 0 Å². The van der Waals surface area contributed by atoms with Crippen molar-refractivity contribution in [2.24, 2.45) is 0 Å². The van der Waals surface area contributed by atoms with Gasteiger partial charge in [0, 0.05) is 12.0 Å². The molecule has 0 aliphatic heterocycles. The summed E-state index contributed by atoms with van der Waals surface area (Å²) in [6.07, 6.45) is 11.5. The molecule has 2 aliphatic rings. The zero-order valence-electron chi connectivity index (χ0n) is 11.5. The van der Waals surface area contributed by atoms with Crippen molar-refractivity contribution < 1.29 is 0 Å². The molecule has 0 unspecified atom stereocenters. The standard InChI is InChI=1S/C15H25N3/c1-2-6-13-14(16)18(12-9-10-12)15(17-13)11-7-4-3-5-8-11/h11-12H,2-10,16H2,1H3. The third-order valence-electron chi connectivity index (χ3n) is 4.42. The molecule has 3 nitrogen and oxygen atoms in total. The van der Waals surface area contributed by atoms with Crippen LogP contribution >= 0.6 is 0 Å². The lowest BCUT2D eigenvalue weighted by Gasteiger charge is -2.22. The number of hydrogen-bond acceptors (Lipinski definition) is 2. The van der Waals surface area contributed by atoms with Crippen LogP contribution in [0.15, 0.2) is 0 Å². The Bertz CT molecular complexity index is 412. The number of aromatic nitrogens is 2. The zero-order chi connectivity index (χ0) is 12.5. The average molecular weight is 247 g/mol. The molecule has 1 heterocycles. The molecule has 18 heavy (non-hydrogen) atoms. The number of aryl methyl sites for hydroxylation is 1. The summed E-state index contributed by atoms with van der Waals surface area (Å²) in [5.41, 5.74) is 7.50. The van der Waals surface area contributed by atoms with Crippen LogP contribution in [0.4, 0.5) is 5.82 Å². The number of nitrogens with two attached hydrogens (primary N) is 1. The summed E-state index contributed by atoms with van der Waals surface area (Å²) in [5.74, 6) is 2.96. The molecular formula is C15H25N3. The van der Waals surface area contributed by atoms with Crippen LogP contribution in [0.1, 0.15) is 81.8 Å². The first-order chi connectivity index (χ1) is 8.81. The van der Waals surface area contributed by atoms with Crippen molar-refractivity contribution in [3.63, 3.8) is 0 Å². The van der Waals surface area contributed by atoms with Crippen LogP contribution in [0.2, 0.25) is 0 Å². The summed E-state index contributed by atoms with van der Waals surface area (Å²) < 4.78 is 2.39. The van der Waals surface area contributed by atoms with E-state index in [4.69, 9.17) is 10.7 Å². The van der Waals surface area contributed by atoms with Gasteiger partial charge < -0.3 is 10.3 Å². The van der Waals surface area contributed by atoms with Gasteiger partial charge in [-0.1, -0.05) is 32.6 Å². The van der Waals surface area contributed by atoms with E-state index in [1.54, 1.807) is 0 Å². The molecule has 2 N–H and O–H groups in total. The van der Waals surface area contributed by atoms with E-state index in [1.807, 2.05) is 0 Å². The molecule has 3 heteroatoms. The summed E-state index contributed by atoms with van der Waals surface area (Å²) in [6.45, 7) is 2.20. The van der Waals surface area contributed by atoms with E-state index in [1.165, 1.54) is 50.8 Å². The van der Waals surface area contributed by atoms with E-state index in [2.05, 4.69) is 11.5 Å². The molecule has 100 valence electrons. The highest BCUT2D eigenvalue weighted by atomic mass is 15.2. The molecule has 0 spiro atoms. The van der Waals surface area contributed by atoms with Gasteiger partial charge in [-0.15, -0.1) is 0 Å². The lowest BCUT2D eigenvalue weighted by Crippen LogP contribution is -2.12. The predicted molar refractivity (Wildman–Crippen MR) is 74.7 cm³/mol. The van der Waals surface area contributed by atoms with E-state index in [-0.39, 0.29) is 0 Å². The van der Waals surface area contributed by atoms with Crippen molar-refractivity contribution in [3.05, 3.63) is 11.5 Å². The van der Waals surface area contributed by atoms with Crippen molar-refractivity contribution in [2.75, 3.05) is 5.73 Å². The van der Waals surface area contributed by atoms with E-state index < -0.39 is 0 Å². The summed E-state index contributed by atoms with van der Waals surface area (Å²) in [7, 11) is 0. The van der Waals surface area contributed by atoms with Gasteiger partial charge >= 0.3 is 0 Å². The maximum Gasteiger partial charge on any atom is 0.127 e. The first kappa shape index (κ1) is 12.1. The molecule has 1 aromatic rings. The van der Waals surface area contributed by atoms with Gasteiger partial charge in [0.1, 0.15) is 11.6 Å². The normalized spacial score (nSPS) is 21.4. The minimum Gasteiger partial charge on any atom is -0.384 e. The Labute approximate surface area is 110 Å². The molecule has 0 bridgehead atoms. The number of anilines is 1. The van der Waals surface area contributed by atoms with E-state index in [0.29, 0.717) is 12.0 Å². The number of imidazole rings is 1. The van der Waals surface area contributed by atoms with Gasteiger partial charge in [0.05, 0.1) is 5.69 Å². The molecule has 2 saturated carbocycles. The summed E-state index contributed by atoms with van der Waals surface area (Å²) in [6, 6.07) is 0.667. The molecule has 0 radical (unpaired) electrons. The highest BCUT2D eigenvalue weighted by Gasteiger charge is 2.32. The fraction of sp³-hybridized carbons (Fsp3) is 0.800. The lowest BCUT2D eigenvalue weighted by atomic mass is 9.88. The molecule has 0 saturated heterocycles. The molecule has 1 aromatic heterocycles. The van der Waals surface area contributed by atoms with Crippen LogP contribution in [0, 0.1) is 0 Å². The molecule has 2 aliphatic carbocycles. The number of hydrogen-bond donors (Lipinski definition) is 1. The summed E-state index contributed by atoms with van der Waals surface area (Å²) in [5, 5.41) is 0. The molecular weight excluding hydrogens is 222 g/mol. The Morgan fingerprint density at radius 2 is 1.89 bits per heavy atom. The maximum absolute atomic E-state index is 6.34. The highest BCUT2D eigenvalue weighted by Crippen LogP contribution is 2.43. The monoisotopic (exact) mass is 247 g/mol. The average Bonchev–Trinajstić information content (AvgIpc) is 3.18. The molecule has 0 amide bonds. The fourth-order valence-electron chi connectivity index (χ4n) is 3.30. The minimum atomic E-state index is 0.667. The maximum atomic E-state index is 6.34. The SMILES string of the molecule is CCCc1nc(C2CCCCC2)n(C2CC2)c1N. The van der Waals surface area contributed by atoms with Gasteiger partial charge in [-0.3, -0.25) is 0 Å². The van der Waals surface area contributed by atoms with Crippen LogP contribution in [-0.2, 0) is 6.42 Å². The Hall–Kier alpha value is -0.990. The topological polar surface area (TPSA) is 43.8 Å². The third kappa shape index (κ3) is 2.15. The number of nitrogens with zero attached hydrogens (tertiary/aromatic N) is 2. The van der Waals surface area contributed by atoms with Crippen LogP contribution in [-0.4, -0.2) is 9.55 Å². The van der Waals surface area contributed by atoms with Crippen LogP contribution < -0.4 is 5.73 Å². The summed E-state index contributed by atoms with van der Waals surface area (Å²) >= 11 is 0. The first-order valence-electron chi connectivity index (χ1n) is 7.67. The highest BCUT2D eigenvalue weighted by molar-refractivity contribution is 5.40. The second-order valence-corrected chi connectivity index (χ2v) is 5.99. The van der Waals surface area contributed by atoms with Gasteiger partial charge in [0.25, 0.3) is 0 Å². The Morgan fingerprint density at radius 3 is 2.50 bits per heavy atom. The zero-order valence-corrected chi connectivity index (χ0v) is 11.5. The fourth-order valence-corrected chi connectivity index (χ4v) is 3.30. The van der Waals surface area contributed by atoms with Gasteiger partial charge in [-0.2, -0.15) is 0 Å². The second-order valence-electron chi connectivity index (χ2n) is 5.99. The first-order valence-corrected chi connectivity index (χ1v) is 7.67. The predicted octanol–water partition coefficient (Wildman–Crippen LogP) is 3.80. The second kappa shape index (κ2) is 4.94. The van der Waals surface area contributed by atoms with Gasteiger partial charge in [0.2, 0.25) is 0 Å². The van der Waals surface area contributed by atoms with Crippen molar-refractivity contribution in [3.8, 4) is 0 Å². The van der Waals surface area contributed by atoms with Crippen LogP contribution in [0.5, 0.6) is 0 Å². The number of nitrogen functional groups attached to an aromatic ring is 1. The molecule has 2 fully saturated rings. The van der Waals surface area contributed by atoms with Crippen LogP contribution in [0.25, 0.3) is 0 Å². The molecule has 0 aromatic carbocycles. The molecule has 0 atom stereocenters. The number of rotatable bonds is 4. The van der Waals surface area contributed by atoms with Crippen molar-refractivity contribution in [1.29, 1.82) is 0 Å². The quantitative estimate of drug-likeness (QED) is 0.879. The van der Waals surface area contributed by atoms with Crippen molar-refractivity contribution >= 4 is 5.82 Å². The van der Waals surface area contributed by atoms with E-state index in [0.717, 1.165) is 24.4 Å². The summed E-state index contributed by atoms with van der Waals surface area (Å²) in [4.78, 5) is 4.92. The minimum absolute atomic E-state index is 0.667. The van der Waals surface area contributed by atoms with E-state index in [9.17, 15) is 0 Å². The Kier molecular flexibility index (Phi) is 3.31.